The van der Waals surface area contributed by atoms with Gasteiger partial charge in [0.25, 0.3) is 5.91 Å². The lowest BCUT2D eigenvalue weighted by atomic mass is 9.83. The number of rotatable bonds is 17. The molecule has 5 aromatic rings. The fourth-order valence-corrected chi connectivity index (χ4v) is 11.7. The smallest absolute Gasteiger partial charge is 0.350 e. The van der Waals surface area contributed by atoms with Crippen LogP contribution in [-0.4, -0.2) is 45.4 Å². The summed E-state index contributed by atoms with van der Waals surface area (Å²) in [5, 5.41) is 9.38. The van der Waals surface area contributed by atoms with Crippen molar-refractivity contribution in [1.82, 2.24) is 10.6 Å². The molecule has 2 N–H and O–H groups in total. The summed E-state index contributed by atoms with van der Waals surface area (Å²) in [6, 6.07) is 30.3. The van der Waals surface area contributed by atoms with Crippen molar-refractivity contribution in [1.29, 1.82) is 0 Å². The van der Waals surface area contributed by atoms with Crippen LogP contribution < -0.4 is 20.3 Å². The second kappa shape index (κ2) is 29.3. The number of aldehydes is 1. The van der Waals surface area contributed by atoms with E-state index in [1.54, 1.807) is 30.1 Å². The first kappa shape index (κ1) is 64.1. The van der Waals surface area contributed by atoms with E-state index in [9.17, 15) is 14.4 Å². The van der Waals surface area contributed by atoms with Gasteiger partial charge in [-0.05, 0) is 182 Å². The first-order valence-corrected chi connectivity index (χ1v) is 29.7. The highest BCUT2D eigenvalue weighted by molar-refractivity contribution is 6.20. The summed E-state index contributed by atoms with van der Waals surface area (Å²) >= 11 is 0. The van der Waals surface area contributed by atoms with E-state index in [0.29, 0.717) is 33.7 Å². The van der Waals surface area contributed by atoms with Gasteiger partial charge in [0.15, 0.2) is 6.29 Å². The zero-order chi connectivity index (χ0) is 61.6. The maximum atomic E-state index is 14.4. The van der Waals surface area contributed by atoms with Crippen LogP contribution in [0.5, 0.6) is 5.75 Å². The molecule has 0 fully saturated rings. The lowest BCUT2D eigenvalue weighted by Gasteiger charge is -2.28. The summed E-state index contributed by atoms with van der Waals surface area (Å²) in [6.45, 7) is 27.5. The largest absolute Gasteiger partial charge is 0.461 e. The quantitative estimate of drug-likeness (QED) is 0.0315. The number of esters is 1. The van der Waals surface area contributed by atoms with Crippen molar-refractivity contribution in [3.63, 3.8) is 0 Å². The number of ether oxygens (including phenoxy) is 2. The van der Waals surface area contributed by atoms with E-state index in [4.69, 9.17) is 13.8 Å². The fraction of sp³-hybridized carbons (Fsp3) is 0.293. The zero-order valence-corrected chi connectivity index (χ0v) is 52.2. The molecule has 0 saturated carbocycles. The molecule has 0 bridgehead atoms. The number of carbonyl (C=O) groups excluding carboxylic acids is 3. The number of carbonyl (C=O) groups is 3. The van der Waals surface area contributed by atoms with Gasteiger partial charge in [-0.2, -0.15) is 0 Å². The summed E-state index contributed by atoms with van der Waals surface area (Å²) in [6.07, 6.45) is 27.4. The highest BCUT2D eigenvalue weighted by atomic mass is 19.1. The monoisotopic (exact) mass is 1140 g/mol. The Hall–Kier alpha value is -8.50. The molecule has 9 rings (SSSR count). The minimum Gasteiger partial charge on any atom is -0.461 e. The summed E-state index contributed by atoms with van der Waals surface area (Å²) < 4.78 is 21.2. The highest BCUT2D eigenvalue weighted by Crippen LogP contribution is 2.45. The first-order valence-electron chi connectivity index (χ1n) is 29.7. The Bertz CT molecular complexity index is 3670. The molecule has 2 aliphatic heterocycles. The Morgan fingerprint density at radius 1 is 0.859 bits per heavy atom. The minimum atomic E-state index is -0.366. The van der Waals surface area contributed by atoms with Gasteiger partial charge in [-0.1, -0.05) is 146 Å². The number of hydrogen-bond donors (Lipinski definition) is 2. The third-order valence-electron chi connectivity index (χ3n) is 16.2. The topological polar surface area (TPSA) is 97.0 Å². The minimum absolute atomic E-state index is 0.0657. The van der Waals surface area contributed by atoms with Gasteiger partial charge in [-0.25, -0.2) is 0 Å². The van der Waals surface area contributed by atoms with Gasteiger partial charge in [0, 0.05) is 74.9 Å². The highest BCUT2D eigenvalue weighted by Gasteiger charge is 2.33. The molecule has 5 aromatic carbocycles. The van der Waals surface area contributed by atoms with Crippen LogP contribution in [0.2, 0.25) is 0 Å². The molecule has 4 atom stereocenters. The number of amides is 1. The van der Waals surface area contributed by atoms with Crippen molar-refractivity contribution in [2.45, 2.75) is 128 Å². The molecule has 2 radical (unpaired) electrons. The molecular weight excluding hydrogens is 1050 g/mol. The zero-order valence-electron chi connectivity index (χ0n) is 52.2. The van der Waals surface area contributed by atoms with E-state index in [2.05, 4.69) is 178 Å². The van der Waals surface area contributed by atoms with Crippen molar-refractivity contribution in [3.8, 4) is 5.75 Å². The van der Waals surface area contributed by atoms with Crippen molar-refractivity contribution in [2.24, 2.45) is 11.8 Å². The normalized spacial score (nSPS) is 18.1. The van der Waals surface area contributed by atoms with Gasteiger partial charge in [-0.15, -0.1) is 0 Å². The van der Waals surface area contributed by atoms with E-state index in [-0.39, 0.29) is 42.2 Å². The predicted octanol–water partition coefficient (Wildman–Crippen LogP) is 17.7. The molecule has 4 aliphatic rings. The number of benzene rings is 5. The maximum absolute atomic E-state index is 14.4. The lowest BCUT2D eigenvalue weighted by Crippen LogP contribution is -2.32. The predicted molar refractivity (Wildman–Crippen MR) is 353 cm³/mol. The molecule has 1 amide bonds. The molecule has 0 aromatic heterocycles. The molecule has 10 heteroatoms. The molecule has 0 spiro atoms. The molecule has 85 heavy (non-hydrogen) atoms. The summed E-state index contributed by atoms with van der Waals surface area (Å²) in [5.74, 6) is 1.64. The van der Waals surface area contributed by atoms with E-state index in [1.807, 2.05) is 70.2 Å². The Kier molecular flexibility index (Phi) is 22.1. The van der Waals surface area contributed by atoms with Gasteiger partial charge >= 0.3 is 14.1 Å². The number of hydrogen-bond acceptors (Lipinski definition) is 7. The number of nitrogens with zero attached hydrogens (tertiary/aromatic N) is 1. The fourth-order valence-electron chi connectivity index (χ4n) is 11.7. The standard InChI is InChI=1S/C73H77N3O5.C2H6.BF/c1-13-15-19-50(10)74-71(44(3)4)70(67-48(8)38-45(5)39-49(67)9)72-63(55-20-17-16-18-21-55)42-64(75-72)56-26-24-53(25-27-56)54-28-33-59(34-29-54)81-66(78)41-52-22-31-58(32-23-52)76(12)73(79)61-36-37-65-69-60(35-30-57(43-77)68(61)69)62(51(11)80-65)40-47(7)46(6)14-2;2*1-2/h13-18,20-26,28,30-40,42-43,50,54,56,64,74-75H,19,27,29,41H2,1-12H3;1-2H3;/b15-13-,46-14+,47-40+,72-70-;;. The van der Waals surface area contributed by atoms with E-state index < -0.39 is 0 Å². The van der Waals surface area contributed by atoms with Crippen LogP contribution in [0.4, 0.5) is 10.0 Å². The van der Waals surface area contributed by atoms with E-state index in [1.165, 1.54) is 55.8 Å². The molecular formula is C75H83BFN3O5. The van der Waals surface area contributed by atoms with Crippen LogP contribution in [0.1, 0.15) is 148 Å². The average Bonchev–Trinajstić information content (AvgIpc) is 1.33. The lowest BCUT2D eigenvalue weighted by molar-refractivity contribution is -0.138. The van der Waals surface area contributed by atoms with Gasteiger partial charge < -0.3 is 29.3 Å². The van der Waals surface area contributed by atoms with Crippen molar-refractivity contribution in [3.05, 3.63) is 253 Å². The molecule has 4 unspecified atom stereocenters. The van der Waals surface area contributed by atoms with Crippen LogP contribution >= 0.6 is 0 Å². The summed E-state index contributed by atoms with van der Waals surface area (Å²) in [7, 11) is 4.71. The van der Waals surface area contributed by atoms with Gasteiger partial charge in [0.1, 0.15) is 17.3 Å². The Balaban J connectivity index is 0.00000253. The third-order valence-corrected chi connectivity index (χ3v) is 16.2. The SMILES string of the molecule is C/C=C\CC(C)NC(=C(C)C)/C(=C1\NC(C2C=CC(C3C=CC(OC(=O)Cc4ccc(N(C)C(=O)c5ccc6c7c(ccc(C=O)c57)C(/C=C(C)/C(C)=C/C)=C(C)O6)cc4)=CC3)=CC2)C=C1c1ccccc1)c1c(C)cc(C)cc1C.CC.[B]F. The summed E-state index contributed by atoms with van der Waals surface area (Å²) in [5.41, 5.74) is 19.7. The Morgan fingerprint density at radius 3 is 2.18 bits per heavy atom. The van der Waals surface area contributed by atoms with Gasteiger partial charge in [0.2, 0.25) is 0 Å². The number of halogens is 1. The number of allylic oxidation sites excluding steroid dienone is 16. The van der Waals surface area contributed by atoms with Crippen molar-refractivity contribution in [2.75, 3.05) is 11.9 Å². The molecule has 8 nitrogen and oxygen atoms in total. The van der Waals surface area contributed by atoms with E-state index >= 15 is 0 Å². The van der Waals surface area contributed by atoms with Crippen LogP contribution in [0.3, 0.4) is 0 Å². The first-order chi connectivity index (χ1) is 41.0. The molecule has 438 valence electrons. The van der Waals surface area contributed by atoms with Crippen LogP contribution in [-0.2, 0) is 16.0 Å². The molecule has 0 saturated heterocycles. The van der Waals surface area contributed by atoms with Crippen LogP contribution in [0, 0.1) is 32.6 Å². The Labute approximate surface area is 506 Å². The Morgan fingerprint density at radius 2 is 1.56 bits per heavy atom. The number of anilines is 1. The second-order valence-corrected chi connectivity index (χ2v) is 22.4. The second-order valence-electron chi connectivity index (χ2n) is 22.4. The molecule has 2 heterocycles. The molecule has 2 aliphatic carbocycles. The number of aryl methyl sites for hydroxylation is 3. The van der Waals surface area contributed by atoms with Crippen molar-refractivity contribution >= 4 is 59.5 Å². The maximum Gasteiger partial charge on any atom is 0.350 e. The van der Waals surface area contributed by atoms with Crippen molar-refractivity contribution < 1.29 is 28.2 Å². The van der Waals surface area contributed by atoms with E-state index in [0.717, 1.165) is 70.2 Å². The number of nitrogens with one attached hydrogen (secondary N) is 2. The summed E-state index contributed by atoms with van der Waals surface area (Å²) in [4.78, 5) is 41.8. The van der Waals surface area contributed by atoms with Crippen LogP contribution in [0.25, 0.3) is 27.5 Å². The average molecular weight is 1140 g/mol. The van der Waals surface area contributed by atoms with Crippen LogP contribution in [0.15, 0.2) is 203 Å². The van der Waals surface area contributed by atoms with Gasteiger partial charge in [0.05, 0.1) is 18.2 Å². The third kappa shape index (κ3) is 14.5. The van der Waals surface area contributed by atoms with Gasteiger partial charge in [-0.3, -0.25) is 14.4 Å².